The molecule has 0 unspecified atom stereocenters. The van der Waals surface area contributed by atoms with Crippen molar-refractivity contribution in [3.63, 3.8) is 0 Å². The van der Waals surface area contributed by atoms with Gasteiger partial charge in [-0.05, 0) is 63.1 Å². The van der Waals surface area contributed by atoms with Gasteiger partial charge in [0.1, 0.15) is 6.10 Å². The van der Waals surface area contributed by atoms with E-state index < -0.39 is 5.41 Å². The SMILES string of the molecule is CC(C)N1CCC[C@H](Oc2cc3c(cc2O)C(=O)c2c([nH]c4cc(C#N)ccc24)C3(C)C)C1. The second-order valence-electron chi connectivity index (χ2n) is 10.0. The number of phenolic OH excluding ortho intramolecular Hbond substituents is 1. The number of carbonyl (C=O) groups excluding carboxylic acids is 1. The molecular formula is C27H29N3O3. The van der Waals surface area contributed by atoms with E-state index in [1.165, 1.54) is 0 Å². The zero-order chi connectivity index (χ0) is 23.5. The highest BCUT2D eigenvalue weighted by atomic mass is 16.5. The number of H-pyrrole nitrogens is 1. The molecule has 0 bridgehead atoms. The van der Waals surface area contributed by atoms with E-state index in [2.05, 4.69) is 43.6 Å². The Kier molecular flexibility index (Phi) is 4.98. The fourth-order valence-corrected chi connectivity index (χ4v) is 5.32. The Hall–Kier alpha value is -3.30. The predicted molar refractivity (Wildman–Crippen MR) is 127 cm³/mol. The Morgan fingerprint density at radius 3 is 2.79 bits per heavy atom. The van der Waals surface area contributed by atoms with Crippen LogP contribution in [0.3, 0.4) is 0 Å². The molecule has 5 rings (SSSR count). The topological polar surface area (TPSA) is 89.3 Å². The van der Waals surface area contributed by atoms with E-state index in [4.69, 9.17) is 4.74 Å². The number of aromatic nitrogens is 1. The number of rotatable bonds is 3. The number of piperidine rings is 1. The van der Waals surface area contributed by atoms with Crippen LogP contribution in [0.2, 0.25) is 0 Å². The van der Waals surface area contributed by atoms with E-state index in [9.17, 15) is 15.2 Å². The zero-order valence-electron chi connectivity index (χ0n) is 19.5. The van der Waals surface area contributed by atoms with E-state index in [1.54, 1.807) is 18.2 Å². The molecule has 1 saturated heterocycles. The van der Waals surface area contributed by atoms with E-state index in [-0.39, 0.29) is 17.6 Å². The lowest BCUT2D eigenvalue weighted by Crippen LogP contribution is -2.44. The average molecular weight is 444 g/mol. The molecule has 6 nitrogen and oxygen atoms in total. The van der Waals surface area contributed by atoms with Crippen molar-refractivity contribution in [1.82, 2.24) is 9.88 Å². The van der Waals surface area contributed by atoms with Gasteiger partial charge in [-0.25, -0.2) is 0 Å². The van der Waals surface area contributed by atoms with Crippen LogP contribution in [0.15, 0.2) is 30.3 Å². The summed E-state index contributed by atoms with van der Waals surface area (Å²) in [5, 5.41) is 20.9. The van der Waals surface area contributed by atoms with Crippen molar-refractivity contribution in [2.45, 2.75) is 58.1 Å². The maximum atomic E-state index is 13.6. The third-order valence-corrected chi connectivity index (χ3v) is 7.23. The van der Waals surface area contributed by atoms with Gasteiger partial charge < -0.3 is 14.8 Å². The normalized spacial score (nSPS) is 19.9. The number of fused-ring (bicyclic) bond motifs is 4. The molecule has 6 heteroatoms. The number of nitrogens with zero attached hydrogens (tertiary/aromatic N) is 2. The summed E-state index contributed by atoms with van der Waals surface area (Å²) >= 11 is 0. The van der Waals surface area contributed by atoms with Crippen LogP contribution in [0, 0.1) is 11.3 Å². The second-order valence-corrected chi connectivity index (χ2v) is 10.0. The monoisotopic (exact) mass is 443 g/mol. The molecule has 2 heterocycles. The van der Waals surface area contributed by atoms with Crippen LogP contribution in [-0.4, -0.2) is 46.0 Å². The molecule has 2 aliphatic rings. The van der Waals surface area contributed by atoms with Gasteiger partial charge in [0.05, 0.1) is 17.2 Å². The third-order valence-electron chi connectivity index (χ3n) is 7.23. The summed E-state index contributed by atoms with van der Waals surface area (Å²) in [4.78, 5) is 19.3. The average Bonchev–Trinajstić information content (AvgIpc) is 3.19. The minimum absolute atomic E-state index is 0.000504. The highest BCUT2D eigenvalue weighted by molar-refractivity contribution is 6.20. The number of nitriles is 1. The number of likely N-dealkylation sites (tertiary alicyclic amines) is 1. The first-order valence-electron chi connectivity index (χ1n) is 11.6. The summed E-state index contributed by atoms with van der Waals surface area (Å²) in [7, 11) is 0. The van der Waals surface area contributed by atoms with Crippen LogP contribution in [0.5, 0.6) is 11.5 Å². The van der Waals surface area contributed by atoms with Gasteiger partial charge in [0.25, 0.3) is 0 Å². The smallest absolute Gasteiger partial charge is 0.195 e. The summed E-state index contributed by atoms with van der Waals surface area (Å²) in [6.07, 6.45) is 2.00. The van der Waals surface area contributed by atoms with Crippen molar-refractivity contribution in [3.8, 4) is 17.6 Å². The summed E-state index contributed by atoms with van der Waals surface area (Å²) in [6.45, 7) is 10.4. The van der Waals surface area contributed by atoms with Gasteiger partial charge in [0.15, 0.2) is 17.3 Å². The second kappa shape index (κ2) is 7.64. The molecule has 33 heavy (non-hydrogen) atoms. The van der Waals surface area contributed by atoms with Gasteiger partial charge >= 0.3 is 0 Å². The van der Waals surface area contributed by atoms with Crippen molar-refractivity contribution < 1.29 is 14.6 Å². The maximum Gasteiger partial charge on any atom is 0.195 e. The Bertz CT molecular complexity index is 1310. The minimum Gasteiger partial charge on any atom is -0.504 e. The fraction of sp³-hybridized carbons (Fsp3) is 0.407. The molecule has 1 aliphatic carbocycles. The van der Waals surface area contributed by atoms with Crippen LogP contribution in [0.25, 0.3) is 10.9 Å². The van der Waals surface area contributed by atoms with Gasteiger partial charge in [0, 0.05) is 40.2 Å². The first kappa shape index (κ1) is 21.5. The zero-order valence-corrected chi connectivity index (χ0v) is 19.5. The van der Waals surface area contributed by atoms with Crippen LogP contribution < -0.4 is 4.74 Å². The summed E-state index contributed by atoms with van der Waals surface area (Å²) in [5.41, 5.74) is 3.56. The van der Waals surface area contributed by atoms with E-state index in [1.807, 2.05) is 12.1 Å². The van der Waals surface area contributed by atoms with Gasteiger partial charge in [-0.15, -0.1) is 0 Å². The number of phenols is 1. The number of ether oxygens (including phenoxy) is 1. The highest BCUT2D eigenvalue weighted by Crippen LogP contribution is 2.47. The van der Waals surface area contributed by atoms with Crippen molar-refractivity contribution in [1.29, 1.82) is 5.26 Å². The van der Waals surface area contributed by atoms with Crippen molar-refractivity contribution in [2.24, 2.45) is 0 Å². The molecule has 2 aromatic carbocycles. The lowest BCUT2D eigenvalue weighted by Gasteiger charge is -2.36. The number of carbonyl (C=O) groups is 1. The molecular weight excluding hydrogens is 414 g/mol. The number of hydrogen-bond donors (Lipinski definition) is 2. The predicted octanol–water partition coefficient (Wildman–Crippen LogP) is 4.87. The van der Waals surface area contributed by atoms with Crippen molar-refractivity contribution in [2.75, 3.05) is 13.1 Å². The number of hydrogen-bond acceptors (Lipinski definition) is 5. The molecule has 0 amide bonds. The summed E-state index contributed by atoms with van der Waals surface area (Å²) < 4.78 is 6.29. The van der Waals surface area contributed by atoms with Crippen LogP contribution in [-0.2, 0) is 5.41 Å². The molecule has 170 valence electrons. The number of aromatic amines is 1. The quantitative estimate of drug-likeness (QED) is 0.603. The Labute approximate surface area is 193 Å². The maximum absolute atomic E-state index is 13.6. The van der Waals surface area contributed by atoms with Crippen LogP contribution in [0.4, 0.5) is 0 Å². The molecule has 0 saturated carbocycles. The Morgan fingerprint density at radius 2 is 2.06 bits per heavy atom. The molecule has 0 radical (unpaired) electrons. The van der Waals surface area contributed by atoms with Gasteiger partial charge in [-0.3, -0.25) is 9.69 Å². The fourth-order valence-electron chi connectivity index (χ4n) is 5.32. The van der Waals surface area contributed by atoms with Crippen LogP contribution >= 0.6 is 0 Å². The van der Waals surface area contributed by atoms with E-state index >= 15 is 0 Å². The standard InChI is InChI=1S/C27H29N3O3/c1-15(2)30-9-5-6-17(14-30)33-23-12-20-19(11-22(23)31)25(32)24-18-8-7-16(13-28)10-21(18)29-26(24)27(20,3)4/h7-8,10-12,15,17,29,31H,5-6,9,14H2,1-4H3/t17-/m0/s1. The number of aromatic hydroxyl groups is 1. The van der Waals surface area contributed by atoms with Crippen molar-refractivity contribution in [3.05, 3.63) is 58.3 Å². The number of benzene rings is 2. The number of ketones is 1. The molecule has 0 spiro atoms. The first-order valence-corrected chi connectivity index (χ1v) is 11.6. The molecule has 1 aliphatic heterocycles. The molecule has 1 fully saturated rings. The van der Waals surface area contributed by atoms with Gasteiger partial charge in [-0.1, -0.05) is 19.9 Å². The van der Waals surface area contributed by atoms with E-state index in [0.717, 1.165) is 48.1 Å². The summed E-state index contributed by atoms with van der Waals surface area (Å²) in [5.74, 6) is 0.298. The van der Waals surface area contributed by atoms with Crippen molar-refractivity contribution >= 4 is 16.7 Å². The largest absolute Gasteiger partial charge is 0.504 e. The first-order chi connectivity index (χ1) is 15.7. The number of nitrogens with one attached hydrogen (secondary N) is 1. The van der Waals surface area contributed by atoms with Gasteiger partial charge in [0.2, 0.25) is 0 Å². The summed E-state index contributed by atoms with van der Waals surface area (Å²) in [6, 6.07) is 11.3. The third kappa shape index (κ3) is 3.39. The van der Waals surface area contributed by atoms with Gasteiger partial charge in [-0.2, -0.15) is 5.26 Å². The Balaban J connectivity index is 1.56. The lowest BCUT2D eigenvalue weighted by atomic mass is 9.71. The molecule has 3 aromatic rings. The lowest BCUT2D eigenvalue weighted by molar-refractivity contribution is 0.0687. The molecule has 2 N–H and O–H groups in total. The molecule has 1 atom stereocenters. The Morgan fingerprint density at radius 1 is 1.27 bits per heavy atom. The minimum atomic E-state index is -0.507. The van der Waals surface area contributed by atoms with E-state index in [0.29, 0.717) is 28.5 Å². The molecule has 1 aromatic heterocycles. The highest BCUT2D eigenvalue weighted by Gasteiger charge is 2.40. The van der Waals surface area contributed by atoms with Crippen LogP contribution in [0.1, 0.15) is 73.3 Å².